The molecule has 144 valence electrons. The Kier molecular flexibility index (Phi) is 6.35. The van der Waals surface area contributed by atoms with Crippen LogP contribution in [0.3, 0.4) is 0 Å². The predicted molar refractivity (Wildman–Crippen MR) is 94.2 cm³/mol. The number of halogens is 1. The van der Waals surface area contributed by atoms with Crippen LogP contribution >= 0.6 is 0 Å². The lowest BCUT2D eigenvalue weighted by atomic mass is 10.0. The average Bonchev–Trinajstić information content (AvgIpc) is 2.59. The molecule has 1 heterocycles. The number of piperazine rings is 1. The van der Waals surface area contributed by atoms with Crippen LogP contribution in [0.4, 0.5) is 4.39 Å². The number of rotatable bonds is 5. The van der Waals surface area contributed by atoms with E-state index in [2.05, 4.69) is 5.32 Å². The molecule has 0 saturated carbocycles. The molecule has 1 atom stereocenters. The average molecular weight is 385 g/mol. The molecule has 0 radical (unpaired) electrons. The van der Waals surface area contributed by atoms with Gasteiger partial charge in [0.15, 0.2) is 0 Å². The second kappa shape index (κ2) is 8.13. The number of hydrogen-bond acceptors (Lipinski definition) is 4. The molecular weight excluding hydrogens is 361 g/mol. The number of benzene rings is 1. The van der Waals surface area contributed by atoms with E-state index in [0.29, 0.717) is 0 Å². The molecule has 1 saturated heterocycles. The first-order valence-corrected chi connectivity index (χ1v) is 9.89. The van der Waals surface area contributed by atoms with Crippen molar-refractivity contribution >= 4 is 21.8 Å². The van der Waals surface area contributed by atoms with E-state index in [1.807, 2.05) is 13.8 Å². The van der Waals surface area contributed by atoms with Crippen molar-refractivity contribution in [2.24, 2.45) is 5.92 Å². The fourth-order valence-corrected chi connectivity index (χ4v) is 4.36. The zero-order valence-electron chi connectivity index (χ0n) is 15.1. The van der Waals surface area contributed by atoms with Gasteiger partial charge in [-0.3, -0.25) is 9.59 Å². The van der Waals surface area contributed by atoms with Gasteiger partial charge in [-0.15, -0.1) is 0 Å². The minimum atomic E-state index is -3.95. The summed E-state index contributed by atoms with van der Waals surface area (Å²) in [5.74, 6) is -1.42. The van der Waals surface area contributed by atoms with Crippen LogP contribution in [0.15, 0.2) is 29.2 Å². The summed E-state index contributed by atoms with van der Waals surface area (Å²) in [7, 11) is -3.95. The van der Waals surface area contributed by atoms with E-state index < -0.39 is 21.9 Å². The molecule has 2 amide bonds. The normalized spacial score (nSPS) is 17.2. The Morgan fingerprint density at radius 2 is 1.69 bits per heavy atom. The van der Waals surface area contributed by atoms with Crippen LogP contribution < -0.4 is 5.32 Å². The van der Waals surface area contributed by atoms with Gasteiger partial charge in [0, 0.05) is 33.1 Å². The molecule has 2 rings (SSSR count). The summed E-state index contributed by atoms with van der Waals surface area (Å²) >= 11 is 0. The predicted octanol–water partition coefficient (Wildman–Crippen LogP) is 0.819. The Morgan fingerprint density at radius 1 is 1.12 bits per heavy atom. The number of nitrogens with zero attached hydrogens (tertiary/aromatic N) is 2. The van der Waals surface area contributed by atoms with Crippen LogP contribution in [0.2, 0.25) is 0 Å². The monoisotopic (exact) mass is 385 g/mol. The number of sulfonamides is 1. The van der Waals surface area contributed by atoms with Crippen LogP contribution in [0.1, 0.15) is 20.8 Å². The molecule has 1 aliphatic heterocycles. The van der Waals surface area contributed by atoms with Gasteiger partial charge in [-0.2, -0.15) is 4.31 Å². The lowest BCUT2D eigenvalue weighted by molar-refractivity contribution is -0.138. The molecule has 0 bridgehead atoms. The van der Waals surface area contributed by atoms with E-state index >= 15 is 0 Å². The summed E-state index contributed by atoms with van der Waals surface area (Å²) in [6.07, 6.45) is 0. The van der Waals surface area contributed by atoms with E-state index in [4.69, 9.17) is 0 Å². The molecule has 1 aromatic carbocycles. The minimum absolute atomic E-state index is 0.0767. The quantitative estimate of drug-likeness (QED) is 0.813. The van der Waals surface area contributed by atoms with Crippen molar-refractivity contribution in [2.75, 3.05) is 26.2 Å². The van der Waals surface area contributed by atoms with Crippen molar-refractivity contribution in [1.82, 2.24) is 14.5 Å². The van der Waals surface area contributed by atoms with Gasteiger partial charge in [-0.25, -0.2) is 12.8 Å². The van der Waals surface area contributed by atoms with Gasteiger partial charge in [-0.1, -0.05) is 26.0 Å². The van der Waals surface area contributed by atoms with Gasteiger partial charge in [0.1, 0.15) is 16.8 Å². The number of carbonyl (C=O) groups is 2. The first-order valence-electron chi connectivity index (χ1n) is 8.45. The molecule has 7 nitrogen and oxygen atoms in total. The molecule has 0 spiro atoms. The second-order valence-corrected chi connectivity index (χ2v) is 8.49. The fraction of sp³-hybridized carbons (Fsp3) is 0.529. The van der Waals surface area contributed by atoms with Crippen molar-refractivity contribution in [2.45, 2.75) is 31.7 Å². The molecule has 1 fully saturated rings. The molecule has 0 aliphatic carbocycles. The largest absolute Gasteiger partial charge is 0.344 e. The Morgan fingerprint density at radius 3 is 2.19 bits per heavy atom. The highest BCUT2D eigenvalue weighted by molar-refractivity contribution is 7.89. The Hall–Kier alpha value is -2.00. The first-order chi connectivity index (χ1) is 12.1. The molecule has 1 unspecified atom stereocenters. The topological polar surface area (TPSA) is 86.8 Å². The van der Waals surface area contributed by atoms with Gasteiger partial charge in [-0.05, 0) is 18.1 Å². The minimum Gasteiger partial charge on any atom is -0.344 e. The maximum absolute atomic E-state index is 13.9. The highest BCUT2D eigenvalue weighted by Crippen LogP contribution is 2.21. The van der Waals surface area contributed by atoms with Crippen molar-refractivity contribution in [3.8, 4) is 0 Å². The number of amides is 2. The van der Waals surface area contributed by atoms with Gasteiger partial charge in [0.2, 0.25) is 21.8 Å². The lowest BCUT2D eigenvalue weighted by Crippen LogP contribution is -2.56. The maximum atomic E-state index is 13.9. The number of carbonyl (C=O) groups excluding carboxylic acids is 2. The second-order valence-electron chi connectivity index (χ2n) is 6.58. The third-order valence-corrected chi connectivity index (χ3v) is 6.23. The van der Waals surface area contributed by atoms with E-state index in [9.17, 15) is 22.4 Å². The van der Waals surface area contributed by atoms with Gasteiger partial charge >= 0.3 is 0 Å². The highest BCUT2D eigenvalue weighted by Gasteiger charge is 2.34. The Balaban J connectivity index is 2.08. The standard InChI is InChI=1S/C17H24FN3O4S/c1-12(2)16(19-13(3)22)17(23)20-8-10-21(11-9-20)26(24,25)15-7-5-4-6-14(15)18/h4-7,12,16H,8-11H2,1-3H3,(H,19,22). The van der Waals surface area contributed by atoms with Crippen molar-refractivity contribution in [1.29, 1.82) is 0 Å². The maximum Gasteiger partial charge on any atom is 0.246 e. The SMILES string of the molecule is CC(=O)NC(C(=O)N1CCN(S(=O)(=O)c2ccccc2F)CC1)C(C)C. The van der Waals surface area contributed by atoms with Crippen LogP contribution in [0, 0.1) is 11.7 Å². The molecule has 9 heteroatoms. The number of hydrogen-bond donors (Lipinski definition) is 1. The van der Waals surface area contributed by atoms with Crippen LogP contribution in [-0.2, 0) is 19.6 Å². The zero-order valence-corrected chi connectivity index (χ0v) is 15.9. The van der Waals surface area contributed by atoms with Crippen molar-refractivity contribution in [3.05, 3.63) is 30.1 Å². The molecular formula is C17H24FN3O4S. The Bertz CT molecular complexity index is 774. The lowest BCUT2D eigenvalue weighted by Gasteiger charge is -2.36. The zero-order chi connectivity index (χ0) is 19.5. The highest BCUT2D eigenvalue weighted by atomic mass is 32.2. The van der Waals surface area contributed by atoms with Crippen molar-refractivity contribution in [3.63, 3.8) is 0 Å². The smallest absolute Gasteiger partial charge is 0.246 e. The van der Waals surface area contributed by atoms with Crippen LogP contribution in [-0.4, -0.2) is 61.7 Å². The van der Waals surface area contributed by atoms with Gasteiger partial charge < -0.3 is 10.2 Å². The summed E-state index contributed by atoms with van der Waals surface area (Å²) in [6, 6.07) is 4.58. The summed E-state index contributed by atoms with van der Waals surface area (Å²) in [5.41, 5.74) is 0. The third-order valence-electron chi connectivity index (χ3n) is 4.30. The van der Waals surface area contributed by atoms with Crippen LogP contribution in [0.5, 0.6) is 0 Å². The molecule has 26 heavy (non-hydrogen) atoms. The van der Waals surface area contributed by atoms with E-state index in [0.717, 1.165) is 6.07 Å². The molecule has 1 aliphatic rings. The summed E-state index contributed by atoms with van der Waals surface area (Å²) in [5, 5.41) is 2.64. The van der Waals surface area contributed by atoms with Crippen LogP contribution in [0.25, 0.3) is 0 Å². The summed E-state index contributed by atoms with van der Waals surface area (Å²) in [4.78, 5) is 25.1. The molecule has 0 aromatic heterocycles. The van der Waals surface area contributed by atoms with Gasteiger partial charge in [0.05, 0.1) is 0 Å². The molecule has 1 aromatic rings. The third kappa shape index (κ3) is 4.39. The van der Waals surface area contributed by atoms with Gasteiger partial charge in [0.25, 0.3) is 0 Å². The van der Waals surface area contributed by atoms with E-state index in [-0.39, 0.29) is 48.8 Å². The van der Waals surface area contributed by atoms with Crippen molar-refractivity contribution < 1.29 is 22.4 Å². The van der Waals surface area contributed by atoms with E-state index in [1.165, 1.54) is 34.3 Å². The summed E-state index contributed by atoms with van der Waals surface area (Å²) in [6.45, 7) is 5.54. The first kappa shape index (κ1) is 20.3. The Labute approximate surface area is 153 Å². The number of nitrogens with one attached hydrogen (secondary N) is 1. The van der Waals surface area contributed by atoms with E-state index in [1.54, 1.807) is 0 Å². The summed E-state index contributed by atoms with van der Waals surface area (Å²) < 4.78 is 40.2. The fourth-order valence-electron chi connectivity index (χ4n) is 2.87. The molecule has 1 N–H and O–H groups in total.